The van der Waals surface area contributed by atoms with Crippen molar-refractivity contribution in [3.8, 4) is 16.9 Å². The number of aromatic nitrogens is 3. The Morgan fingerprint density at radius 2 is 1.82 bits per heavy atom. The highest BCUT2D eigenvalue weighted by Crippen LogP contribution is 2.26. The zero-order valence-electron chi connectivity index (χ0n) is 19.2. The van der Waals surface area contributed by atoms with Crippen molar-refractivity contribution >= 4 is 23.2 Å². The zero-order valence-corrected chi connectivity index (χ0v) is 19.2. The molecule has 176 valence electrons. The van der Waals surface area contributed by atoms with E-state index >= 15 is 0 Å². The van der Waals surface area contributed by atoms with Crippen molar-refractivity contribution in [2.24, 2.45) is 0 Å². The number of nitrogens with one attached hydrogen (secondary N) is 2. The van der Waals surface area contributed by atoms with Crippen molar-refractivity contribution in [3.63, 3.8) is 0 Å². The Morgan fingerprint density at radius 3 is 2.68 bits per heavy atom. The first-order valence-electron chi connectivity index (χ1n) is 12.0. The van der Waals surface area contributed by atoms with Gasteiger partial charge in [0.1, 0.15) is 23.5 Å². The van der Waals surface area contributed by atoms with E-state index in [9.17, 15) is 4.79 Å². The molecule has 34 heavy (non-hydrogen) atoms. The monoisotopic (exact) mass is 458 g/mol. The van der Waals surface area contributed by atoms with Crippen LogP contribution in [0.25, 0.3) is 11.1 Å². The van der Waals surface area contributed by atoms with E-state index in [0.717, 1.165) is 73.7 Å². The molecule has 5 aliphatic rings. The molecular formula is C26H30N6O2. The number of benzene rings is 1. The highest BCUT2D eigenvalue weighted by Gasteiger charge is 2.22. The molecule has 0 spiro atoms. The third kappa shape index (κ3) is 5.88. The Labute approximate surface area is 199 Å². The fourth-order valence-corrected chi connectivity index (χ4v) is 4.40. The summed E-state index contributed by atoms with van der Waals surface area (Å²) < 4.78 is 6.27. The van der Waals surface area contributed by atoms with Gasteiger partial charge in [-0.25, -0.2) is 15.0 Å². The Morgan fingerprint density at radius 1 is 0.971 bits per heavy atom. The summed E-state index contributed by atoms with van der Waals surface area (Å²) in [5, 5.41) is 6.63. The lowest BCUT2D eigenvalue weighted by atomic mass is 10.1. The Balaban J connectivity index is 1.35. The number of hydrogen-bond donors (Lipinski definition) is 2. The van der Waals surface area contributed by atoms with Gasteiger partial charge in [-0.05, 0) is 55.5 Å². The third-order valence-electron chi connectivity index (χ3n) is 6.25. The number of rotatable bonds is 0. The molecule has 0 atom stereocenters. The van der Waals surface area contributed by atoms with Gasteiger partial charge in [0.15, 0.2) is 0 Å². The van der Waals surface area contributed by atoms with Crippen LogP contribution in [0.2, 0.25) is 0 Å². The van der Waals surface area contributed by atoms with Crippen molar-refractivity contribution in [3.05, 3.63) is 55.0 Å². The van der Waals surface area contributed by atoms with Crippen LogP contribution in [0, 0.1) is 0 Å². The number of piperidine rings is 1. The van der Waals surface area contributed by atoms with Gasteiger partial charge in [0.2, 0.25) is 5.95 Å². The van der Waals surface area contributed by atoms with Crippen LogP contribution in [-0.4, -0.2) is 57.9 Å². The summed E-state index contributed by atoms with van der Waals surface area (Å²) in [7, 11) is 0. The molecule has 0 amide bonds. The van der Waals surface area contributed by atoms with E-state index in [0.29, 0.717) is 24.7 Å². The molecule has 0 radical (unpaired) electrons. The number of carbonyl (C=O) groups is 1. The number of ether oxygens (including phenoxy) is 1. The first-order chi connectivity index (χ1) is 16.7. The molecule has 2 N–H and O–H groups in total. The van der Waals surface area contributed by atoms with Gasteiger partial charge in [-0.3, -0.25) is 9.69 Å². The molecule has 8 heteroatoms. The number of Topliss-reactive ketones (excluding diaryl/α,β-unsaturated/α-hetero) is 1. The molecule has 1 aromatic carbocycles. The maximum atomic E-state index is 12.4. The van der Waals surface area contributed by atoms with Crippen LogP contribution in [0.4, 0.5) is 17.5 Å². The van der Waals surface area contributed by atoms with Gasteiger partial charge in [-0.15, -0.1) is 0 Å². The maximum Gasteiger partial charge on any atom is 0.222 e. The van der Waals surface area contributed by atoms with E-state index in [2.05, 4.69) is 30.5 Å². The van der Waals surface area contributed by atoms with Gasteiger partial charge >= 0.3 is 0 Å². The molecule has 0 unspecified atom stereocenters. The summed E-state index contributed by atoms with van der Waals surface area (Å²) in [6.45, 7) is 3.06. The average molecular weight is 459 g/mol. The number of hydrogen-bond acceptors (Lipinski definition) is 8. The Kier molecular flexibility index (Phi) is 6.95. The highest BCUT2D eigenvalue weighted by atomic mass is 16.5. The molecule has 7 heterocycles. The van der Waals surface area contributed by atoms with E-state index in [1.807, 2.05) is 48.8 Å². The minimum Gasteiger partial charge on any atom is -0.490 e. The van der Waals surface area contributed by atoms with Crippen LogP contribution < -0.4 is 15.4 Å². The van der Waals surface area contributed by atoms with E-state index in [1.54, 1.807) is 6.20 Å². The number of anilines is 3. The largest absolute Gasteiger partial charge is 0.490 e. The topological polar surface area (TPSA) is 92.3 Å². The van der Waals surface area contributed by atoms with E-state index in [4.69, 9.17) is 4.74 Å². The molecular weight excluding hydrogens is 428 g/mol. The molecule has 1 fully saturated rings. The van der Waals surface area contributed by atoms with Gasteiger partial charge in [-0.1, -0.05) is 6.07 Å². The summed E-state index contributed by atoms with van der Waals surface area (Å²) in [4.78, 5) is 28.0. The summed E-state index contributed by atoms with van der Waals surface area (Å²) in [5.74, 6) is 2.49. The van der Waals surface area contributed by atoms with Crippen LogP contribution in [0.3, 0.4) is 0 Å². The maximum absolute atomic E-state index is 12.4. The van der Waals surface area contributed by atoms with Crippen molar-refractivity contribution in [2.75, 3.05) is 36.8 Å². The molecule has 3 aromatic rings. The SMILES string of the molecule is O=C1CCCCNc2ncc(cn2)-c2ccnc(c2)Nc2cccc(c2)OC2CCN(CC2)C1. The minimum atomic E-state index is 0.165. The van der Waals surface area contributed by atoms with Crippen LogP contribution in [0.15, 0.2) is 55.0 Å². The molecule has 2 aromatic heterocycles. The summed E-state index contributed by atoms with van der Waals surface area (Å²) >= 11 is 0. The number of carbonyl (C=O) groups excluding carboxylic acids is 1. The summed E-state index contributed by atoms with van der Waals surface area (Å²) in [5.41, 5.74) is 2.82. The lowest BCUT2D eigenvalue weighted by Crippen LogP contribution is -2.40. The summed E-state index contributed by atoms with van der Waals surface area (Å²) in [6, 6.07) is 11.9. The predicted octanol–water partition coefficient (Wildman–Crippen LogP) is 4.29. The van der Waals surface area contributed by atoms with Crippen molar-refractivity contribution in [1.82, 2.24) is 19.9 Å². The van der Waals surface area contributed by atoms with Crippen molar-refractivity contribution < 1.29 is 9.53 Å². The molecule has 0 saturated carbocycles. The number of pyridine rings is 1. The molecule has 1 saturated heterocycles. The first-order valence-corrected chi connectivity index (χ1v) is 12.0. The molecule has 8 nitrogen and oxygen atoms in total. The van der Waals surface area contributed by atoms with Crippen molar-refractivity contribution in [1.29, 1.82) is 0 Å². The van der Waals surface area contributed by atoms with Crippen LogP contribution >= 0.6 is 0 Å². The van der Waals surface area contributed by atoms with Crippen LogP contribution in [-0.2, 0) is 4.79 Å². The fourth-order valence-electron chi connectivity index (χ4n) is 4.40. The van der Waals surface area contributed by atoms with Gasteiger partial charge in [0, 0.05) is 62.0 Å². The Hall–Kier alpha value is -3.52. The zero-order chi connectivity index (χ0) is 23.2. The van der Waals surface area contributed by atoms with Gasteiger partial charge in [0.05, 0.1) is 6.54 Å². The van der Waals surface area contributed by atoms with Crippen molar-refractivity contribution in [2.45, 2.75) is 38.2 Å². The van der Waals surface area contributed by atoms with Gasteiger partial charge < -0.3 is 15.4 Å². The summed E-state index contributed by atoms with van der Waals surface area (Å²) in [6.07, 6.45) is 9.81. The quantitative estimate of drug-likeness (QED) is 0.515. The van der Waals surface area contributed by atoms with Gasteiger partial charge in [-0.2, -0.15) is 0 Å². The second-order valence-electron chi connectivity index (χ2n) is 8.89. The highest BCUT2D eigenvalue weighted by molar-refractivity contribution is 5.80. The Bertz CT molecular complexity index is 1110. The number of nitrogens with zero attached hydrogens (tertiary/aromatic N) is 4. The normalized spacial score (nSPS) is 21.2. The fraction of sp³-hybridized carbons (Fsp3) is 0.385. The average Bonchev–Trinajstić information content (AvgIpc) is 2.85. The lowest BCUT2D eigenvalue weighted by molar-refractivity contribution is -0.120. The molecule has 8 rings (SSSR count). The lowest BCUT2D eigenvalue weighted by Gasteiger charge is -2.31. The van der Waals surface area contributed by atoms with E-state index in [1.165, 1.54) is 0 Å². The first kappa shape index (κ1) is 22.3. The standard InChI is InChI=1S/C26H30N6O2/c33-22-5-1-2-10-28-26-29-16-20(17-30-26)19-7-11-27-25(14-19)31-21-4-3-6-24(15-21)34-23-8-12-32(18-22)13-9-23/h3-4,6-7,11,14-17,23H,1-2,5,8-10,12-13,18H2,(H,27,31)(H,28,29,30). The molecule has 0 aliphatic carbocycles. The molecule has 5 aliphatic heterocycles. The predicted molar refractivity (Wildman–Crippen MR) is 132 cm³/mol. The molecule has 8 bridgehead atoms. The van der Waals surface area contributed by atoms with Crippen LogP contribution in [0.1, 0.15) is 32.1 Å². The van der Waals surface area contributed by atoms with Crippen LogP contribution in [0.5, 0.6) is 5.75 Å². The van der Waals surface area contributed by atoms with E-state index in [-0.39, 0.29) is 6.10 Å². The van der Waals surface area contributed by atoms with E-state index < -0.39 is 0 Å². The second kappa shape index (κ2) is 10.6. The second-order valence-corrected chi connectivity index (χ2v) is 8.89. The third-order valence-corrected chi connectivity index (χ3v) is 6.25. The number of ketones is 1. The smallest absolute Gasteiger partial charge is 0.222 e. The minimum absolute atomic E-state index is 0.165. The van der Waals surface area contributed by atoms with Gasteiger partial charge in [0.25, 0.3) is 0 Å².